The second kappa shape index (κ2) is 4.69. The fourth-order valence-electron chi connectivity index (χ4n) is 4.93. The molecule has 0 saturated heterocycles. The maximum absolute atomic E-state index is 5.64. The summed E-state index contributed by atoms with van der Waals surface area (Å²) in [4.78, 5) is 4.06. The maximum atomic E-state index is 5.64. The molecule has 3 nitrogen and oxygen atoms in total. The quantitative estimate of drug-likeness (QED) is 0.747. The molecule has 0 aromatic heterocycles. The van der Waals surface area contributed by atoms with Crippen molar-refractivity contribution in [2.24, 2.45) is 28.5 Å². The van der Waals surface area contributed by atoms with Gasteiger partial charge in [-0.3, -0.25) is 4.99 Å². The molecule has 3 heteroatoms. The van der Waals surface area contributed by atoms with E-state index < -0.39 is 0 Å². The van der Waals surface area contributed by atoms with Gasteiger partial charge in [-0.2, -0.15) is 0 Å². The predicted molar refractivity (Wildman–Crippen MR) is 75.6 cm³/mol. The topological polar surface area (TPSA) is 50.4 Å². The minimum absolute atomic E-state index is 0.421. The van der Waals surface area contributed by atoms with Crippen molar-refractivity contribution in [3.8, 4) is 0 Å². The Morgan fingerprint density at radius 1 is 1.22 bits per heavy atom. The summed E-state index contributed by atoms with van der Waals surface area (Å²) in [6, 6.07) is 0. The number of nitrogens with zero attached hydrogens (tertiary/aromatic N) is 1. The largest absolute Gasteiger partial charge is 0.404 e. The minimum Gasteiger partial charge on any atom is -0.404 e. The first kappa shape index (κ1) is 12.2. The Morgan fingerprint density at radius 2 is 1.78 bits per heavy atom. The molecule has 18 heavy (non-hydrogen) atoms. The lowest BCUT2D eigenvalue weighted by molar-refractivity contribution is -0.0180. The number of rotatable bonds is 4. The highest BCUT2D eigenvalue weighted by atomic mass is 15.0. The average Bonchev–Trinajstić information content (AvgIpc) is 2.33. The van der Waals surface area contributed by atoms with Gasteiger partial charge in [0.1, 0.15) is 0 Å². The van der Waals surface area contributed by atoms with Crippen molar-refractivity contribution in [3.05, 3.63) is 11.8 Å². The van der Waals surface area contributed by atoms with E-state index in [0.29, 0.717) is 5.54 Å². The Balaban J connectivity index is 1.65. The van der Waals surface area contributed by atoms with Gasteiger partial charge in [-0.15, -0.1) is 0 Å². The highest BCUT2D eigenvalue weighted by Crippen LogP contribution is 2.55. The van der Waals surface area contributed by atoms with Crippen LogP contribution in [0.1, 0.15) is 38.5 Å². The summed E-state index contributed by atoms with van der Waals surface area (Å²) in [5.74, 6) is 2.98. The molecule has 3 N–H and O–H groups in total. The SMILES string of the molecule is CN=CC(=CN)CNC12CC3CC(CC(C3)C1)C2. The van der Waals surface area contributed by atoms with Crippen LogP contribution in [0.3, 0.4) is 0 Å². The first-order chi connectivity index (χ1) is 8.73. The van der Waals surface area contributed by atoms with E-state index in [1.54, 1.807) is 13.2 Å². The lowest BCUT2D eigenvalue weighted by Crippen LogP contribution is -2.58. The molecule has 0 spiro atoms. The van der Waals surface area contributed by atoms with Crippen LogP contribution in [0.4, 0.5) is 0 Å². The molecule has 4 aliphatic rings. The van der Waals surface area contributed by atoms with E-state index in [4.69, 9.17) is 5.73 Å². The summed E-state index contributed by atoms with van der Waals surface area (Å²) in [5, 5.41) is 3.82. The van der Waals surface area contributed by atoms with Crippen LogP contribution < -0.4 is 11.1 Å². The molecule has 4 bridgehead atoms. The predicted octanol–water partition coefficient (Wildman–Crippen LogP) is 2.09. The molecule has 0 amide bonds. The third kappa shape index (κ3) is 2.20. The van der Waals surface area contributed by atoms with Gasteiger partial charge in [0.2, 0.25) is 0 Å². The average molecular weight is 247 g/mol. The molecule has 0 atom stereocenters. The van der Waals surface area contributed by atoms with Crippen LogP contribution in [-0.2, 0) is 0 Å². The van der Waals surface area contributed by atoms with Crippen molar-refractivity contribution in [3.63, 3.8) is 0 Å². The third-order valence-corrected chi connectivity index (χ3v) is 5.21. The first-order valence-electron chi connectivity index (χ1n) is 7.31. The van der Waals surface area contributed by atoms with E-state index in [1.807, 2.05) is 6.21 Å². The molecular weight excluding hydrogens is 222 g/mol. The van der Waals surface area contributed by atoms with E-state index in [2.05, 4.69) is 10.3 Å². The number of hydrogen-bond donors (Lipinski definition) is 2. The molecule has 0 aromatic rings. The van der Waals surface area contributed by atoms with Crippen LogP contribution in [0, 0.1) is 17.8 Å². The fourth-order valence-corrected chi connectivity index (χ4v) is 4.93. The molecule has 100 valence electrons. The smallest absolute Gasteiger partial charge is 0.0277 e. The Morgan fingerprint density at radius 3 is 2.22 bits per heavy atom. The number of hydrogen-bond acceptors (Lipinski definition) is 3. The van der Waals surface area contributed by atoms with Gasteiger partial charge in [0, 0.05) is 25.3 Å². The second-order valence-electron chi connectivity index (χ2n) is 6.68. The van der Waals surface area contributed by atoms with Gasteiger partial charge in [-0.1, -0.05) is 0 Å². The van der Waals surface area contributed by atoms with E-state index in [0.717, 1.165) is 29.9 Å². The summed E-state index contributed by atoms with van der Waals surface area (Å²) in [6.07, 6.45) is 12.2. The molecule has 0 radical (unpaired) electrons. The monoisotopic (exact) mass is 247 g/mol. The first-order valence-corrected chi connectivity index (χ1v) is 7.31. The molecule has 0 heterocycles. The minimum atomic E-state index is 0.421. The molecule has 4 fully saturated rings. The van der Waals surface area contributed by atoms with Crippen molar-refractivity contribution in [1.82, 2.24) is 5.32 Å². The molecule has 0 unspecified atom stereocenters. The molecule has 0 aliphatic heterocycles. The molecule has 4 aliphatic carbocycles. The van der Waals surface area contributed by atoms with Crippen LogP contribution in [0.5, 0.6) is 0 Å². The Hall–Kier alpha value is -0.830. The van der Waals surface area contributed by atoms with Crippen molar-refractivity contribution in [2.75, 3.05) is 13.6 Å². The third-order valence-electron chi connectivity index (χ3n) is 5.21. The zero-order chi connectivity index (χ0) is 12.6. The molecule has 4 saturated carbocycles. The Labute approximate surface area is 110 Å². The summed E-state index contributed by atoms with van der Waals surface area (Å²) in [7, 11) is 1.80. The zero-order valence-electron chi connectivity index (χ0n) is 11.4. The van der Waals surface area contributed by atoms with Crippen molar-refractivity contribution in [1.29, 1.82) is 0 Å². The Kier molecular flexibility index (Phi) is 3.18. The second-order valence-corrected chi connectivity index (χ2v) is 6.68. The lowest BCUT2D eigenvalue weighted by atomic mass is 9.53. The zero-order valence-corrected chi connectivity index (χ0v) is 11.4. The normalized spacial score (nSPS) is 42.9. The van der Waals surface area contributed by atoms with E-state index in [1.165, 1.54) is 38.5 Å². The number of nitrogens with two attached hydrogens (primary N) is 1. The highest BCUT2D eigenvalue weighted by Gasteiger charge is 2.50. The summed E-state index contributed by atoms with van der Waals surface area (Å²) in [6.45, 7) is 0.875. The summed E-state index contributed by atoms with van der Waals surface area (Å²) >= 11 is 0. The van der Waals surface area contributed by atoms with Gasteiger partial charge in [0.15, 0.2) is 0 Å². The van der Waals surface area contributed by atoms with Gasteiger partial charge in [-0.25, -0.2) is 0 Å². The molecule has 0 aromatic carbocycles. The van der Waals surface area contributed by atoms with Gasteiger partial charge < -0.3 is 11.1 Å². The van der Waals surface area contributed by atoms with Crippen LogP contribution in [0.2, 0.25) is 0 Å². The highest BCUT2D eigenvalue weighted by molar-refractivity contribution is 5.78. The molecule has 4 rings (SSSR count). The Bertz CT molecular complexity index is 335. The molecular formula is C15H25N3. The van der Waals surface area contributed by atoms with Crippen LogP contribution >= 0.6 is 0 Å². The van der Waals surface area contributed by atoms with Crippen LogP contribution in [0.25, 0.3) is 0 Å². The standard InChI is InChI=1S/C15H25N3/c1-17-9-14(8-16)10-18-15-5-11-2-12(6-15)4-13(3-11)7-15/h8-9,11-13,18H,2-7,10,16H2,1H3. The van der Waals surface area contributed by atoms with E-state index in [-0.39, 0.29) is 0 Å². The number of aliphatic imine (C=N–C) groups is 1. The van der Waals surface area contributed by atoms with Gasteiger partial charge in [-0.05, 0) is 68.1 Å². The van der Waals surface area contributed by atoms with Crippen LogP contribution in [-0.4, -0.2) is 25.3 Å². The van der Waals surface area contributed by atoms with Gasteiger partial charge >= 0.3 is 0 Å². The van der Waals surface area contributed by atoms with Gasteiger partial charge in [0.25, 0.3) is 0 Å². The van der Waals surface area contributed by atoms with Crippen LogP contribution in [0.15, 0.2) is 16.8 Å². The fraction of sp³-hybridized carbons (Fsp3) is 0.800. The van der Waals surface area contributed by atoms with E-state index in [9.17, 15) is 0 Å². The summed E-state index contributed by atoms with van der Waals surface area (Å²) < 4.78 is 0. The van der Waals surface area contributed by atoms with Crippen molar-refractivity contribution >= 4 is 6.21 Å². The van der Waals surface area contributed by atoms with Crippen molar-refractivity contribution in [2.45, 2.75) is 44.1 Å². The van der Waals surface area contributed by atoms with Gasteiger partial charge in [0.05, 0.1) is 0 Å². The van der Waals surface area contributed by atoms with E-state index >= 15 is 0 Å². The van der Waals surface area contributed by atoms with Crippen molar-refractivity contribution < 1.29 is 0 Å². The summed E-state index contributed by atoms with van der Waals surface area (Å²) in [5.41, 5.74) is 7.17. The maximum Gasteiger partial charge on any atom is 0.0277 e. The number of nitrogens with one attached hydrogen (secondary N) is 1. The lowest BCUT2D eigenvalue weighted by Gasteiger charge is -2.57.